The third-order valence-electron chi connectivity index (χ3n) is 5.28. The predicted octanol–water partition coefficient (Wildman–Crippen LogP) is 3.08. The summed E-state index contributed by atoms with van der Waals surface area (Å²) < 4.78 is 26.3. The second kappa shape index (κ2) is 10.1. The minimum absolute atomic E-state index is 0.00774. The van der Waals surface area contributed by atoms with Crippen LogP contribution in [0.15, 0.2) is 47.4 Å². The second-order valence-corrected chi connectivity index (χ2v) is 10.1. The molecule has 2 aromatic rings. The Labute approximate surface area is 202 Å². The lowest BCUT2D eigenvalue weighted by Gasteiger charge is -2.32. The van der Waals surface area contributed by atoms with Crippen molar-refractivity contribution in [1.82, 2.24) is 14.5 Å². The van der Waals surface area contributed by atoms with Gasteiger partial charge in [0.25, 0.3) is 15.9 Å². The van der Waals surface area contributed by atoms with Crippen molar-refractivity contribution in [2.24, 2.45) is 0 Å². The third-order valence-corrected chi connectivity index (χ3v) is 7.66. The van der Waals surface area contributed by atoms with Crippen molar-refractivity contribution in [3.8, 4) is 0 Å². The van der Waals surface area contributed by atoms with Gasteiger partial charge in [0.05, 0.1) is 5.56 Å². The van der Waals surface area contributed by atoms with Gasteiger partial charge in [0, 0.05) is 23.1 Å². The van der Waals surface area contributed by atoms with E-state index in [1.54, 1.807) is 32.0 Å². The number of hydrogen-bond acceptors (Lipinski definition) is 5. The average Bonchev–Trinajstić information content (AvgIpc) is 2.96. The van der Waals surface area contributed by atoms with Crippen LogP contribution in [0.25, 0.3) is 0 Å². The number of halogens is 2. The van der Waals surface area contributed by atoms with Gasteiger partial charge in [-0.1, -0.05) is 48.3 Å². The molecule has 1 aliphatic rings. The van der Waals surface area contributed by atoms with E-state index in [-0.39, 0.29) is 23.4 Å². The molecule has 8 nitrogen and oxygen atoms in total. The average molecular weight is 512 g/mol. The first-order valence-corrected chi connectivity index (χ1v) is 12.5. The monoisotopic (exact) mass is 511 g/mol. The molecule has 1 atom stereocenters. The summed E-state index contributed by atoms with van der Waals surface area (Å²) in [6.07, 6.45) is 0.268. The first-order chi connectivity index (χ1) is 15.6. The number of amides is 3. The molecule has 2 aromatic carbocycles. The van der Waals surface area contributed by atoms with Gasteiger partial charge in [-0.25, -0.2) is 12.7 Å². The number of carbonyl (C=O) groups excluding carboxylic acids is 3. The van der Waals surface area contributed by atoms with E-state index in [0.29, 0.717) is 26.5 Å². The fraction of sp³-hybridized carbons (Fsp3) is 0.318. The van der Waals surface area contributed by atoms with Gasteiger partial charge in [0.2, 0.25) is 11.8 Å². The molecule has 0 spiro atoms. The molecule has 176 valence electrons. The van der Waals surface area contributed by atoms with Gasteiger partial charge in [-0.05, 0) is 43.2 Å². The lowest BCUT2D eigenvalue weighted by atomic mass is 10.1. The minimum atomic E-state index is -4.18. The minimum Gasteiger partial charge on any atom is -0.355 e. The van der Waals surface area contributed by atoms with E-state index in [4.69, 9.17) is 23.2 Å². The van der Waals surface area contributed by atoms with Crippen molar-refractivity contribution >= 4 is 50.9 Å². The normalized spacial score (nSPS) is 15.2. The summed E-state index contributed by atoms with van der Waals surface area (Å²) in [7, 11) is -4.18. The molecule has 1 heterocycles. The zero-order valence-electron chi connectivity index (χ0n) is 18.0. The van der Waals surface area contributed by atoms with Crippen molar-refractivity contribution in [3.63, 3.8) is 0 Å². The number of benzene rings is 2. The van der Waals surface area contributed by atoms with Crippen LogP contribution in [0.4, 0.5) is 0 Å². The highest BCUT2D eigenvalue weighted by molar-refractivity contribution is 7.90. The third kappa shape index (κ3) is 5.00. The molecule has 3 rings (SSSR count). The van der Waals surface area contributed by atoms with E-state index in [0.717, 1.165) is 0 Å². The Morgan fingerprint density at radius 3 is 2.42 bits per heavy atom. The molecule has 0 aromatic heterocycles. The molecule has 3 amide bonds. The van der Waals surface area contributed by atoms with Crippen molar-refractivity contribution in [3.05, 3.63) is 63.6 Å². The Balaban J connectivity index is 1.95. The number of nitrogens with one attached hydrogen (secondary N) is 1. The predicted molar refractivity (Wildman–Crippen MR) is 124 cm³/mol. The highest BCUT2D eigenvalue weighted by atomic mass is 35.5. The van der Waals surface area contributed by atoms with Crippen molar-refractivity contribution in [2.75, 3.05) is 13.1 Å². The maximum atomic E-state index is 13.4. The van der Waals surface area contributed by atoms with Crippen LogP contribution >= 0.6 is 23.2 Å². The van der Waals surface area contributed by atoms with Gasteiger partial charge >= 0.3 is 0 Å². The Bertz CT molecular complexity index is 1200. The van der Waals surface area contributed by atoms with E-state index in [1.165, 1.54) is 29.2 Å². The quantitative estimate of drug-likeness (QED) is 0.586. The first kappa shape index (κ1) is 25.0. The van der Waals surface area contributed by atoms with Crippen molar-refractivity contribution in [2.45, 2.75) is 37.8 Å². The summed E-state index contributed by atoms with van der Waals surface area (Å²) in [5.41, 5.74) is 0.532. The molecule has 1 aliphatic heterocycles. The summed E-state index contributed by atoms with van der Waals surface area (Å²) in [5, 5.41) is 3.39. The topological polar surface area (TPSA) is 104 Å². The summed E-state index contributed by atoms with van der Waals surface area (Å²) in [4.78, 5) is 39.9. The Kier molecular flexibility index (Phi) is 7.66. The zero-order valence-corrected chi connectivity index (χ0v) is 20.4. The maximum Gasteiger partial charge on any atom is 0.269 e. The highest BCUT2D eigenvalue weighted by Gasteiger charge is 2.43. The van der Waals surface area contributed by atoms with Crippen LogP contribution in [0.5, 0.6) is 0 Å². The lowest BCUT2D eigenvalue weighted by molar-refractivity contribution is -0.141. The van der Waals surface area contributed by atoms with Crippen LogP contribution in [-0.2, 0) is 26.2 Å². The summed E-state index contributed by atoms with van der Waals surface area (Å²) in [6.45, 7) is 3.03. The van der Waals surface area contributed by atoms with Gasteiger partial charge in [0.1, 0.15) is 17.5 Å². The van der Waals surface area contributed by atoms with Crippen LogP contribution in [-0.4, -0.2) is 54.5 Å². The van der Waals surface area contributed by atoms with Crippen molar-refractivity contribution in [1.29, 1.82) is 0 Å². The Morgan fingerprint density at radius 1 is 1.12 bits per heavy atom. The van der Waals surface area contributed by atoms with Gasteiger partial charge in [-0.2, -0.15) is 0 Å². The fourth-order valence-corrected chi connectivity index (χ4v) is 5.63. The Morgan fingerprint density at radius 2 is 1.82 bits per heavy atom. The Hall–Kier alpha value is -2.62. The molecule has 0 saturated carbocycles. The van der Waals surface area contributed by atoms with Gasteiger partial charge in [-0.15, -0.1) is 0 Å². The van der Waals surface area contributed by atoms with Crippen molar-refractivity contribution < 1.29 is 22.8 Å². The van der Waals surface area contributed by atoms with E-state index in [9.17, 15) is 22.8 Å². The molecular formula is C22H23Cl2N3O5S. The maximum absolute atomic E-state index is 13.4. The molecule has 0 aliphatic carbocycles. The SMILES string of the molecule is CCNC(=O)[C@@H](CC)N(Cc1ccc(Cl)cc1Cl)C(=O)CN1C(=O)c2ccccc2S1(=O)=O. The second-order valence-electron chi connectivity index (χ2n) is 7.39. The number of likely N-dealkylation sites (N-methyl/N-ethyl adjacent to an activating group) is 1. The number of carbonyl (C=O) groups is 3. The smallest absolute Gasteiger partial charge is 0.269 e. The van der Waals surface area contributed by atoms with Gasteiger partial charge in [-0.3, -0.25) is 14.4 Å². The van der Waals surface area contributed by atoms with E-state index < -0.39 is 40.3 Å². The van der Waals surface area contributed by atoms with Crippen LogP contribution in [0.1, 0.15) is 36.2 Å². The number of rotatable bonds is 8. The van der Waals surface area contributed by atoms with E-state index in [2.05, 4.69) is 5.32 Å². The summed E-state index contributed by atoms with van der Waals surface area (Å²) >= 11 is 12.2. The molecular weight excluding hydrogens is 489 g/mol. The largest absolute Gasteiger partial charge is 0.355 e. The number of sulfonamides is 1. The van der Waals surface area contributed by atoms with Gasteiger partial charge in [0.15, 0.2) is 0 Å². The van der Waals surface area contributed by atoms with Crippen LogP contribution < -0.4 is 5.32 Å². The summed E-state index contributed by atoms with van der Waals surface area (Å²) in [6, 6.07) is 9.62. The van der Waals surface area contributed by atoms with E-state index in [1.807, 2.05) is 0 Å². The molecule has 11 heteroatoms. The first-order valence-electron chi connectivity index (χ1n) is 10.3. The van der Waals surface area contributed by atoms with E-state index >= 15 is 0 Å². The highest BCUT2D eigenvalue weighted by Crippen LogP contribution is 2.30. The molecule has 0 fully saturated rings. The molecule has 0 bridgehead atoms. The molecule has 0 radical (unpaired) electrons. The zero-order chi connectivity index (χ0) is 24.3. The summed E-state index contributed by atoms with van der Waals surface area (Å²) in [5.74, 6) is -1.88. The van der Waals surface area contributed by atoms with Gasteiger partial charge < -0.3 is 10.2 Å². The lowest BCUT2D eigenvalue weighted by Crippen LogP contribution is -2.52. The van der Waals surface area contributed by atoms with Crippen LogP contribution in [0.3, 0.4) is 0 Å². The number of hydrogen-bond donors (Lipinski definition) is 1. The molecule has 0 unspecified atom stereocenters. The van der Waals surface area contributed by atoms with Crippen LogP contribution in [0, 0.1) is 0 Å². The number of nitrogens with zero attached hydrogens (tertiary/aromatic N) is 2. The standard InChI is InChI=1S/C22H23Cl2N3O5S/c1-3-18(21(29)25-4-2)26(12-14-9-10-15(23)11-17(14)24)20(28)13-27-22(30)16-7-5-6-8-19(16)33(27,31)32/h5-11,18H,3-4,12-13H2,1-2H3,(H,25,29)/t18-/m1/s1. The molecule has 0 saturated heterocycles. The fourth-order valence-electron chi connectivity index (χ4n) is 3.65. The van der Waals surface area contributed by atoms with Crippen LogP contribution in [0.2, 0.25) is 10.0 Å². The number of fused-ring (bicyclic) bond motifs is 1. The molecule has 33 heavy (non-hydrogen) atoms. The molecule has 1 N–H and O–H groups in total.